The minimum atomic E-state index is -0.341. The van der Waals surface area contributed by atoms with Gasteiger partial charge in [0.25, 0.3) is 0 Å². The molecule has 0 saturated carbocycles. The van der Waals surface area contributed by atoms with E-state index >= 15 is 0 Å². The first kappa shape index (κ1) is 24.3. The molecule has 4 nitrogen and oxygen atoms in total. The van der Waals surface area contributed by atoms with Crippen molar-refractivity contribution in [3.8, 4) is 0 Å². The molecule has 1 aromatic rings. The van der Waals surface area contributed by atoms with E-state index in [-0.39, 0.29) is 23.5 Å². The molecule has 0 unspecified atom stereocenters. The molecule has 0 bridgehead atoms. The zero-order chi connectivity index (χ0) is 12.7. The third kappa shape index (κ3) is 15.4. The van der Waals surface area contributed by atoms with Gasteiger partial charge >= 0.3 is 33.9 Å². The van der Waals surface area contributed by atoms with Crippen LogP contribution in [-0.2, 0) is 31.3 Å². The van der Waals surface area contributed by atoms with Crippen molar-refractivity contribution < 1.29 is 36.4 Å². The van der Waals surface area contributed by atoms with Gasteiger partial charge < -0.3 is 5.11 Å². The molecular weight excluding hydrogens is 248 g/mol. The first-order valence-electron chi connectivity index (χ1n) is 3.65. The van der Waals surface area contributed by atoms with Gasteiger partial charge in [0.05, 0.1) is 6.10 Å². The van der Waals surface area contributed by atoms with E-state index in [1.54, 1.807) is 6.92 Å². The van der Waals surface area contributed by atoms with Crippen LogP contribution in [0.5, 0.6) is 0 Å². The van der Waals surface area contributed by atoms with Gasteiger partial charge in [-0.1, -0.05) is 30.3 Å². The zero-order valence-electron chi connectivity index (χ0n) is 8.54. The molecule has 0 aliphatic heterocycles. The van der Waals surface area contributed by atoms with E-state index in [1.807, 2.05) is 30.3 Å². The average Bonchev–Trinajstić information content (AvgIpc) is 2.38. The fraction of sp³-hybridized carbons (Fsp3) is 0.182. The van der Waals surface area contributed by atoms with Gasteiger partial charge in [-0.25, -0.2) is 0 Å². The van der Waals surface area contributed by atoms with Crippen LogP contribution in [0.2, 0.25) is 0 Å². The number of hydrogen-bond acceptors (Lipinski definition) is 1. The van der Waals surface area contributed by atoms with Gasteiger partial charge in [0.2, 0.25) is 0 Å². The molecule has 0 radical (unpaired) electrons. The first-order chi connectivity index (χ1) is 7.30. The summed E-state index contributed by atoms with van der Waals surface area (Å²) >= 11 is 0. The molecule has 0 saturated heterocycles. The van der Waals surface area contributed by atoms with Crippen LogP contribution in [0.15, 0.2) is 30.3 Å². The van der Waals surface area contributed by atoms with Crippen molar-refractivity contribution in [3.05, 3.63) is 55.8 Å². The molecule has 5 heteroatoms. The Hall–Kier alpha value is -1.07. The van der Waals surface area contributed by atoms with Gasteiger partial charge in [-0.05, 0) is 12.5 Å². The predicted octanol–water partition coefficient (Wildman–Crippen LogP) is 1.62. The molecule has 1 rings (SSSR count). The van der Waals surface area contributed by atoms with Crippen molar-refractivity contribution in [2.45, 2.75) is 13.0 Å². The number of hydrogen-bond donors (Lipinski definition) is 1. The van der Waals surface area contributed by atoms with E-state index < -0.39 is 0 Å². The maximum atomic E-state index is 9.02. The zero-order valence-corrected chi connectivity index (χ0v) is 9.82. The van der Waals surface area contributed by atoms with E-state index in [2.05, 4.69) is 20.0 Å². The van der Waals surface area contributed by atoms with Gasteiger partial charge in [-0.15, -0.1) is 0 Å². The third-order valence-corrected chi connectivity index (χ3v) is 1.28. The normalized spacial score (nSPS) is 7.75. The summed E-state index contributed by atoms with van der Waals surface area (Å²) < 4.78 is 22.5. The van der Waals surface area contributed by atoms with Crippen LogP contribution in [0.4, 0.5) is 0 Å². The van der Waals surface area contributed by atoms with Crippen molar-refractivity contribution in [2.24, 2.45) is 0 Å². The summed E-state index contributed by atoms with van der Waals surface area (Å²) in [6, 6.07) is 9.59. The Kier molecular flexibility index (Phi) is 35.8. The summed E-state index contributed by atoms with van der Waals surface area (Å²) in [5.41, 5.74) is 0.970. The second kappa shape index (κ2) is 23.6. The van der Waals surface area contributed by atoms with Crippen molar-refractivity contribution in [3.63, 3.8) is 0 Å². The van der Waals surface area contributed by atoms with Crippen LogP contribution in [0.1, 0.15) is 18.6 Å². The Bertz CT molecular complexity index is 263. The molecule has 0 heterocycles. The van der Waals surface area contributed by atoms with Crippen LogP contribution in [0, 0.1) is 20.0 Å². The fourth-order valence-corrected chi connectivity index (χ4v) is 0.732. The summed E-state index contributed by atoms with van der Waals surface area (Å²) in [6.45, 7) is 15.3. The standard InChI is InChI=1S/C8H10O.3CO.Cr/c1-7(9)8-5-3-2-4-6-8;3*1-2;/h2-7,9H,1H3;;;;/t7-;;;;/m0..../s1. The molecule has 1 N–H and O–H groups in total. The Morgan fingerprint density at radius 3 is 1.44 bits per heavy atom. The SMILES string of the molecule is C[C@H](O)c1ccccc1.[C-]#[O+].[C-]#[O+].[C-]#[O+].[Cr]. The van der Waals surface area contributed by atoms with E-state index in [1.165, 1.54) is 0 Å². The Morgan fingerprint density at radius 2 is 1.25 bits per heavy atom. The van der Waals surface area contributed by atoms with Gasteiger partial charge in [-0.2, -0.15) is 0 Å². The maximum absolute atomic E-state index is 9.02. The van der Waals surface area contributed by atoms with Crippen LogP contribution < -0.4 is 0 Å². The molecule has 84 valence electrons. The second-order valence-electron chi connectivity index (χ2n) is 2.09. The quantitative estimate of drug-likeness (QED) is 0.602. The average molecular weight is 258 g/mol. The topological polar surface area (TPSA) is 79.9 Å². The third-order valence-electron chi connectivity index (χ3n) is 1.28. The molecule has 0 fully saturated rings. The molecule has 0 aliphatic carbocycles. The monoisotopic (exact) mass is 258 g/mol. The first-order valence-corrected chi connectivity index (χ1v) is 3.65. The molecule has 16 heavy (non-hydrogen) atoms. The summed E-state index contributed by atoms with van der Waals surface area (Å²) in [6.07, 6.45) is -0.341. The smallest absolute Gasteiger partial charge is 0 e. The van der Waals surface area contributed by atoms with E-state index in [0.29, 0.717) is 0 Å². The largest absolute Gasteiger partial charge is 0 e. The Labute approximate surface area is 106 Å². The molecule has 0 spiro atoms. The molecule has 0 amide bonds. The summed E-state index contributed by atoms with van der Waals surface area (Å²) in [5, 5.41) is 9.02. The Balaban J connectivity index is -0.0000000900. The summed E-state index contributed by atoms with van der Waals surface area (Å²) in [5.74, 6) is 0. The van der Waals surface area contributed by atoms with E-state index in [4.69, 9.17) is 19.1 Å². The van der Waals surface area contributed by atoms with Crippen molar-refractivity contribution in [1.29, 1.82) is 0 Å². The van der Waals surface area contributed by atoms with Crippen LogP contribution in [0.25, 0.3) is 0 Å². The molecule has 1 atom stereocenters. The fourth-order valence-electron chi connectivity index (χ4n) is 0.732. The van der Waals surface area contributed by atoms with E-state index in [0.717, 1.165) is 5.56 Å². The van der Waals surface area contributed by atoms with Gasteiger partial charge in [0, 0.05) is 17.4 Å². The molecule has 1 aromatic carbocycles. The molecule has 0 aliphatic rings. The van der Waals surface area contributed by atoms with Crippen molar-refractivity contribution >= 4 is 0 Å². The Morgan fingerprint density at radius 1 is 0.938 bits per heavy atom. The summed E-state index contributed by atoms with van der Waals surface area (Å²) in [7, 11) is 0. The van der Waals surface area contributed by atoms with Crippen molar-refractivity contribution in [2.75, 3.05) is 0 Å². The van der Waals surface area contributed by atoms with Crippen molar-refractivity contribution in [1.82, 2.24) is 0 Å². The van der Waals surface area contributed by atoms with Crippen LogP contribution >= 0.6 is 0 Å². The van der Waals surface area contributed by atoms with Gasteiger partial charge in [-0.3, -0.25) is 0 Å². The number of aliphatic hydroxyl groups is 1. The number of rotatable bonds is 1. The van der Waals surface area contributed by atoms with Crippen LogP contribution in [0.3, 0.4) is 0 Å². The molecule has 0 aromatic heterocycles. The molecular formula is C11H10CrO4. The van der Waals surface area contributed by atoms with E-state index in [9.17, 15) is 0 Å². The van der Waals surface area contributed by atoms with Gasteiger partial charge in [0.1, 0.15) is 0 Å². The minimum Gasteiger partial charge on any atom is 0 e. The minimum absolute atomic E-state index is 0. The maximum Gasteiger partial charge on any atom is 0 e. The summed E-state index contributed by atoms with van der Waals surface area (Å²) in [4.78, 5) is 0. The van der Waals surface area contributed by atoms with Gasteiger partial charge in [0.15, 0.2) is 0 Å². The number of benzene rings is 1. The second-order valence-corrected chi connectivity index (χ2v) is 2.09. The predicted molar refractivity (Wildman–Crippen MR) is 48.9 cm³/mol. The number of aliphatic hydroxyl groups excluding tert-OH is 1. The van der Waals surface area contributed by atoms with Crippen LogP contribution in [-0.4, -0.2) is 5.11 Å².